The van der Waals surface area contributed by atoms with Gasteiger partial charge in [0.15, 0.2) is 11.5 Å². The van der Waals surface area contributed by atoms with Crippen LogP contribution in [0, 0.1) is 5.92 Å². The largest absolute Gasteiger partial charge is 0.493 e. The molecule has 4 nitrogen and oxygen atoms in total. The lowest BCUT2D eigenvalue weighted by molar-refractivity contribution is 0.228. The van der Waals surface area contributed by atoms with Crippen LogP contribution in [-0.2, 0) is 6.42 Å². The van der Waals surface area contributed by atoms with Crippen LogP contribution in [-0.4, -0.2) is 20.3 Å². The monoisotopic (exact) mass is 250 g/mol. The van der Waals surface area contributed by atoms with E-state index in [9.17, 15) is 0 Å². The second-order valence-electron chi connectivity index (χ2n) is 4.86. The minimum atomic E-state index is 0.358. The molecular formula is C14H22N2O2. The molecule has 1 aliphatic rings. The third-order valence-electron chi connectivity index (χ3n) is 3.84. The molecule has 1 saturated carbocycles. The van der Waals surface area contributed by atoms with Crippen LogP contribution in [0.5, 0.6) is 11.5 Å². The zero-order valence-corrected chi connectivity index (χ0v) is 11.1. The molecule has 18 heavy (non-hydrogen) atoms. The Hall–Kier alpha value is -1.26. The molecule has 3 N–H and O–H groups in total. The maximum absolute atomic E-state index is 5.65. The normalized spacial score (nSPS) is 17.1. The van der Waals surface area contributed by atoms with Crippen molar-refractivity contribution in [2.45, 2.75) is 31.7 Å². The van der Waals surface area contributed by atoms with Gasteiger partial charge in [-0.05, 0) is 42.9 Å². The van der Waals surface area contributed by atoms with Crippen LogP contribution in [0.4, 0.5) is 0 Å². The number of ether oxygens (including phenoxy) is 2. The van der Waals surface area contributed by atoms with E-state index in [0.29, 0.717) is 12.0 Å². The number of nitrogens with one attached hydrogen (secondary N) is 1. The maximum atomic E-state index is 5.65. The molecule has 1 aromatic carbocycles. The van der Waals surface area contributed by atoms with Crippen molar-refractivity contribution in [3.8, 4) is 11.5 Å². The first-order chi connectivity index (χ1) is 8.78. The van der Waals surface area contributed by atoms with Crippen molar-refractivity contribution in [3.05, 3.63) is 23.8 Å². The van der Waals surface area contributed by atoms with Gasteiger partial charge in [0, 0.05) is 6.04 Å². The van der Waals surface area contributed by atoms with Gasteiger partial charge in [-0.1, -0.05) is 12.5 Å². The van der Waals surface area contributed by atoms with Crippen molar-refractivity contribution in [2.24, 2.45) is 11.8 Å². The number of hydrogen-bond acceptors (Lipinski definition) is 4. The molecule has 0 aliphatic heterocycles. The van der Waals surface area contributed by atoms with E-state index in [-0.39, 0.29) is 0 Å². The van der Waals surface area contributed by atoms with Crippen molar-refractivity contribution < 1.29 is 9.47 Å². The number of rotatable bonds is 6. The van der Waals surface area contributed by atoms with Crippen molar-refractivity contribution in [2.75, 3.05) is 14.2 Å². The second kappa shape index (κ2) is 6.07. The lowest BCUT2D eigenvalue weighted by Crippen LogP contribution is -2.44. The van der Waals surface area contributed by atoms with Crippen LogP contribution in [0.3, 0.4) is 0 Å². The third kappa shape index (κ3) is 2.76. The molecule has 2 rings (SSSR count). The summed E-state index contributed by atoms with van der Waals surface area (Å²) in [5, 5.41) is 0. The van der Waals surface area contributed by atoms with E-state index in [1.165, 1.54) is 24.8 Å². The van der Waals surface area contributed by atoms with Crippen LogP contribution < -0.4 is 20.7 Å². The molecule has 0 amide bonds. The highest BCUT2D eigenvalue weighted by Crippen LogP contribution is 2.32. The van der Waals surface area contributed by atoms with E-state index in [0.717, 1.165) is 17.9 Å². The predicted molar refractivity (Wildman–Crippen MR) is 71.7 cm³/mol. The van der Waals surface area contributed by atoms with Crippen molar-refractivity contribution in [1.82, 2.24) is 5.43 Å². The summed E-state index contributed by atoms with van der Waals surface area (Å²) in [4.78, 5) is 0. The summed E-state index contributed by atoms with van der Waals surface area (Å²) in [5.74, 6) is 7.91. The van der Waals surface area contributed by atoms with Gasteiger partial charge in [-0.25, -0.2) is 0 Å². The van der Waals surface area contributed by atoms with Gasteiger partial charge in [-0.2, -0.15) is 0 Å². The van der Waals surface area contributed by atoms with Crippen molar-refractivity contribution >= 4 is 0 Å². The first kappa shape index (κ1) is 13.2. The minimum absolute atomic E-state index is 0.358. The molecule has 100 valence electrons. The summed E-state index contributed by atoms with van der Waals surface area (Å²) in [6.45, 7) is 0. The Bertz CT molecular complexity index is 391. The van der Waals surface area contributed by atoms with E-state index in [1.54, 1.807) is 14.2 Å². The Labute approximate surface area is 108 Å². The van der Waals surface area contributed by atoms with E-state index >= 15 is 0 Å². The average molecular weight is 250 g/mol. The molecular weight excluding hydrogens is 228 g/mol. The molecule has 1 fully saturated rings. The number of methoxy groups -OCH3 is 2. The maximum Gasteiger partial charge on any atom is 0.160 e. The Balaban J connectivity index is 2.07. The number of hydrogen-bond donors (Lipinski definition) is 2. The summed E-state index contributed by atoms with van der Waals surface area (Å²) >= 11 is 0. The number of nitrogens with two attached hydrogens (primary N) is 1. The van der Waals surface area contributed by atoms with E-state index in [2.05, 4.69) is 11.5 Å². The van der Waals surface area contributed by atoms with Gasteiger partial charge in [-0.3, -0.25) is 11.3 Å². The Morgan fingerprint density at radius 2 is 2.00 bits per heavy atom. The third-order valence-corrected chi connectivity index (χ3v) is 3.84. The predicted octanol–water partition coefficient (Wildman–Crippen LogP) is 1.88. The highest BCUT2D eigenvalue weighted by molar-refractivity contribution is 5.43. The Kier molecular flexibility index (Phi) is 4.44. The fourth-order valence-corrected chi connectivity index (χ4v) is 2.47. The molecule has 1 atom stereocenters. The molecule has 0 aromatic heterocycles. The van der Waals surface area contributed by atoms with Gasteiger partial charge < -0.3 is 9.47 Å². The van der Waals surface area contributed by atoms with E-state index in [1.807, 2.05) is 12.1 Å². The number of hydrazine groups is 1. The van der Waals surface area contributed by atoms with Crippen LogP contribution >= 0.6 is 0 Å². The molecule has 1 aromatic rings. The fourth-order valence-electron chi connectivity index (χ4n) is 2.47. The summed E-state index contributed by atoms with van der Waals surface area (Å²) < 4.78 is 10.6. The summed E-state index contributed by atoms with van der Waals surface area (Å²) in [5.41, 5.74) is 4.17. The topological polar surface area (TPSA) is 56.5 Å². The van der Waals surface area contributed by atoms with Gasteiger partial charge >= 0.3 is 0 Å². The lowest BCUT2D eigenvalue weighted by Gasteiger charge is -2.33. The summed E-state index contributed by atoms with van der Waals surface area (Å²) in [6, 6.07) is 6.41. The van der Waals surface area contributed by atoms with Gasteiger partial charge in [0.25, 0.3) is 0 Å². The smallest absolute Gasteiger partial charge is 0.160 e. The van der Waals surface area contributed by atoms with Crippen LogP contribution in [0.1, 0.15) is 24.8 Å². The zero-order valence-electron chi connectivity index (χ0n) is 11.1. The summed E-state index contributed by atoms with van der Waals surface area (Å²) in [7, 11) is 3.31. The van der Waals surface area contributed by atoms with Gasteiger partial charge in [0.05, 0.1) is 14.2 Å². The van der Waals surface area contributed by atoms with Crippen LogP contribution in [0.25, 0.3) is 0 Å². The molecule has 0 bridgehead atoms. The quantitative estimate of drug-likeness (QED) is 0.598. The van der Waals surface area contributed by atoms with Crippen LogP contribution in [0.2, 0.25) is 0 Å². The zero-order chi connectivity index (χ0) is 13.0. The lowest BCUT2D eigenvalue weighted by atomic mass is 9.78. The molecule has 0 heterocycles. The van der Waals surface area contributed by atoms with Crippen molar-refractivity contribution in [3.63, 3.8) is 0 Å². The van der Waals surface area contributed by atoms with Gasteiger partial charge in [0.1, 0.15) is 0 Å². The number of benzene rings is 1. The highest BCUT2D eigenvalue weighted by atomic mass is 16.5. The van der Waals surface area contributed by atoms with Crippen molar-refractivity contribution in [1.29, 1.82) is 0 Å². The molecule has 0 radical (unpaired) electrons. The summed E-state index contributed by atoms with van der Waals surface area (Å²) in [6.07, 6.45) is 4.82. The molecule has 1 unspecified atom stereocenters. The molecule has 0 saturated heterocycles. The molecule has 4 heteroatoms. The Morgan fingerprint density at radius 3 is 2.50 bits per heavy atom. The van der Waals surface area contributed by atoms with Crippen LogP contribution in [0.15, 0.2) is 18.2 Å². The van der Waals surface area contributed by atoms with Gasteiger partial charge in [-0.15, -0.1) is 0 Å². The minimum Gasteiger partial charge on any atom is -0.493 e. The SMILES string of the molecule is COc1ccc(CC(NN)C2CCC2)cc1OC. The first-order valence-electron chi connectivity index (χ1n) is 6.45. The standard InChI is InChI=1S/C14H22N2O2/c1-17-13-7-6-10(9-14(13)18-2)8-12(16-15)11-4-3-5-11/h6-7,9,11-12,16H,3-5,8,15H2,1-2H3. The fraction of sp³-hybridized carbons (Fsp3) is 0.571. The van der Waals surface area contributed by atoms with E-state index < -0.39 is 0 Å². The first-order valence-corrected chi connectivity index (χ1v) is 6.45. The molecule has 1 aliphatic carbocycles. The van der Waals surface area contributed by atoms with E-state index in [4.69, 9.17) is 15.3 Å². The Morgan fingerprint density at radius 1 is 1.28 bits per heavy atom. The molecule has 0 spiro atoms. The average Bonchev–Trinajstić information content (AvgIpc) is 2.35. The highest BCUT2D eigenvalue weighted by Gasteiger charge is 2.26. The second-order valence-corrected chi connectivity index (χ2v) is 4.86. The van der Waals surface area contributed by atoms with Gasteiger partial charge in [0.2, 0.25) is 0 Å².